The number of hydrogen-bond acceptors (Lipinski definition) is 18. The van der Waals surface area contributed by atoms with E-state index in [4.69, 9.17) is 29.9 Å². The highest BCUT2D eigenvalue weighted by atomic mass is 16.2. The number of piperidine rings is 4. The van der Waals surface area contributed by atoms with Crippen molar-refractivity contribution in [1.29, 1.82) is 0 Å². The van der Waals surface area contributed by atoms with Gasteiger partial charge in [-0.05, 0) is 190 Å². The minimum absolute atomic E-state index is 0.0518. The van der Waals surface area contributed by atoms with Crippen molar-refractivity contribution in [1.82, 2.24) is 61.8 Å². The van der Waals surface area contributed by atoms with Crippen LogP contribution < -0.4 is 62.1 Å². The first kappa shape index (κ1) is 60.8. The van der Waals surface area contributed by atoms with E-state index < -0.39 is 0 Å². The standard InChI is InChI=1S/C56H104N18O2/c1-21-71(37-27-49(5,6)67-50(7,8)28-37)45-61-43(62-46(65-45)72(22-2)38-29-51(9,10)68-52(11,12)30-38)59-35-41(75)57-25-26-58-42(76)36-60-44-63-47(73(23-3)39-31-53(13,14)69-54(15,16)32-39)66-48(64-44)74(24-4)40-33-55(17,18)70-56(19,20)34-40/h37-40,67-70H,21-36H2,1-20H3,(H,57,75)(H,58,76)(H,59,61,62,65)(H,60,63,64,66). The Bertz CT molecular complexity index is 1950. The van der Waals surface area contributed by atoms with E-state index in [1.807, 2.05) is 0 Å². The highest BCUT2D eigenvalue weighted by Crippen LogP contribution is 2.38. The molecule has 0 saturated carbocycles. The van der Waals surface area contributed by atoms with Crippen molar-refractivity contribution >= 4 is 47.5 Å². The maximum absolute atomic E-state index is 13.5. The first-order chi connectivity index (χ1) is 35.1. The Morgan fingerprint density at radius 2 is 0.579 bits per heavy atom. The maximum atomic E-state index is 13.5. The molecule has 4 fully saturated rings. The number of rotatable bonds is 21. The summed E-state index contributed by atoms with van der Waals surface area (Å²) in [5.74, 6) is 2.65. The van der Waals surface area contributed by atoms with Crippen LogP contribution in [-0.4, -0.2) is 163 Å². The predicted octanol–water partition coefficient (Wildman–Crippen LogP) is 6.36. The van der Waals surface area contributed by atoms with Crippen LogP contribution in [0.1, 0.15) is 190 Å². The first-order valence-electron chi connectivity index (χ1n) is 28.8. The van der Waals surface area contributed by atoms with Gasteiger partial charge in [0, 0.05) is 108 Å². The maximum Gasteiger partial charge on any atom is 0.239 e. The number of nitrogens with zero attached hydrogens (tertiary/aromatic N) is 10. The third-order valence-corrected chi connectivity index (χ3v) is 15.6. The van der Waals surface area contributed by atoms with Gasteiger partial charge >= 0.3 is 0 Å². The third kappa shape index (κ3) is 16.6. The fourth-order valence-corrected chi connectivity index (χ4v) is 14.4. The largest absolute Gasteiger partial charge is 0.353 e. The zero-order valence-electron chi connectivity index (χ0n) is 50.9. The van der Waals surface area contributed by atoms with Crippen LogP contribution in [0.2, 0.25) is 0 Å². The van der Waals surface area contributed by atoms with Crippen molar-refractivity contribution in [2.75, 3.05) is 82.6 Å². The van der Waals surface area contributed by atoms with Gasteiger partial charge in [0.2, 0.25) is 47.5 Å². The van der Waals surface area contributed by atoms with Crippen molar-refractivity contribution < 1.29 is 9.59 Å². The summed E-state index contributed by atoms with van der Waals surface area (Å²) in [5, 5.41) is 27.7. The molecule has 0 aromatic carbocycles. The second-order valence-electron chi connectivity index (χ2n) is 27.9. The molecule has 2 aromatic heterocycles. The number of nitrogens with one attached hydrogen (secondary N) is 8. The Morgan fingerprint density at radius 1 is 0.382 bits per heavy atom. The average Bonchev–Trinajstić information content (AvgIpc) is 3.23. The number of amides is 2. The molecule has 0 atom stereocenters. The van der Waals surface area contributed by atoms with E-state index in [9.17, 15) is 9.59 Å². The van der Waals surface area contributed by atoms with E-state index in [1.54, 1.807) is 0 Å². The summed E-state index contributed by atoms with van der Waals surface area (Å²) in [6.45, 7) is 48.1. The van der Waals surface area contributed by atoms with Crippen molar-refractivity contribution in [3.8, 4) is 0 Å². The van der Waals surface area contributed by atoms with Gasteiger partial charge in [0.15, 0.2) is 0 Å². The Kier molecular flexibility index (Phi) is 18.5. The van der Waals surface area contributed by atoms with Crippen LogP contribution in [0.5, 0.6) is 0 Å². The second kappa shape index (κ2) is 23.1. The van der Waals surface area contributed by atoms with Gasteiger partial charge in [0.25, 0.3) is 0 Å². The predicted molar refractivity (Wildman–Crippen MR) is 312 cm³/mol. The molecule has 0 radical (unpaired) electrons. The van der Waals surface area contributed by atoms with Crippen molar-refractivity contribution in [2.24, 2.45) is 0 Å². The highest BCUT2D eigenvalue weighted by Gasteiger charge is 2.45. The smallest absolute Gasteiger partial charge is 0.239 e. The molecule has 2 aromatic rings. The van der Waals surface area contributed by atoms with Gasteiger partial charge in [-0.15, -0.1) is 0 Å². The number of carbonyl (C=O) groups excluding carboxylic acids is 2. The minimum Gasteiger partial charge on any atom is -0.353 e. The summed E-state index contributed by atoms with van der Waals surface area (Å²) in [5.41, 5.74) is -0.611. The lowest BCUT2D eigenvalue weighted by molar-refractivity contribution is -0.121. The number of aromatic nitrogens is 6. The Morgan fingerprint density at radius 3 is 0.763 bits per heavy atom. The monoisotopic (exact) mass is 1060 g/mol. The first-order valence-corrected chi connectivity index (χ1v) is 28.8. The molecule has 6 rings (SSSR count). The van der Waals surface area contributed by atoms with Crippen molar-refractivity contribution in [3.05, 3.63) is 0 Å². The molecule has 0 unspecified atom stereocenters. The zero-order chi connectivity index (χ0) is 56.5. The van der Waals surface area contributed by atoms with Gasteiger partial charge in [-0.3, -0.25) is 9.59 Å². The normalized spacial score (nSPS) is 22.7. The van der Waals surface area contributed by atoms with Crippen LogP contribution in [0.4, 0.5) is 35.7 Å². The summed E-state index contributed by atoms with van der Waals surface area (Å²) in [4.78, 5) is 66.6. The van der Waals surface area contributed by atoms with E-state index in [2.05, 4.69) is 201 Å². The lowest BCUT2D eigenvalue weighted by Gasteiger charge is -2.50. The molecular weight excluding hydrogens is 957 g/mol. The lowest BCUT2D eigenvalue weighted by atomic mass is 9.79. The van der Waals surface area contributed by atoms with Crippen LogP contribution in [0.15, 0.2) is 0 Å². The van der Waals surface area contributed by atoms with Crippen molar-refractivity contribution in [2.45, 2.75) is 258 Å². The Balaban J connectivity index is 1.13. The quantitative estimate of drug-likeness (QED) is 0.0638. The molecule has 4 aliphatic heterocycles. The third-order valence-electron chi connectivity index (χ3n) is 15.6. The molecule has 2 amide bonds. The SMILES string of the molecule is CCN(c1nc(NCC(=O)NCCNC(=O)CNc2nc(N(CC)C3CC(C)(C)NC(C)(C)C3)nc(N(CC)C3CC(C)(C)NC(C)(C)C3)n2)nc(N(CC)C2CC(C)(C)NC(C)(C)C2)n1)C1CC(C)(C)NC(C)(C)C1. The fraction of sp³-hybridized carbons (Fsp3) is 0.857. The minimum atomic E-state index is -0.244. The van der Waals surface area contributed by atoms with E-state index >= 15 is 0 Å². The highest BCUT2D eigenvalue weighted by molar-refractivity contribution is 5.81. The molecule has 0 aliphatic carbocycles. The molecule has 0 bridgehead atoms. The summed E-state index contributed by atoms with van der Waals surface area (Å²) >= 11 is 0. The van der Waals surface area contributed by atoms with Gasteiger partial charge in [-0.25, -0.2) is 0 Å². The van der Waals surface area contributed by atoms with E-state index in [0.717, 1.165) is 77.5 Å². The molecule has 0 spiro atoms. The summed E-state index contributed by atoms with van der Waals surface area (Å²) < 4.78 is 0. The Labute approximate surface area is 458 Å². The molecule has 430 valence electrons. The van der Waals surface area contributed by atoms with Gasteiger partial charge in [0.05, 0.1) is 13.1 Å². The van der Waals surface area contributed by atoms with E-state index in [0.29, 0.717) is 35.7 Å². The molecule has 4 saturated heterocycles. The zero-order valence-corrected chi connectivity index (χ0v) is 50.9. The second-order valence-corrected chi connectivity index (χ2v) is 27.9. The van der Waals surface area contributed by atoms with Gasteiger partial charge in [-0.1, -0.05) is 0 Å². The van der Waals surface area contributed by atoms with Crippen LogP contribution >= 0.6 is 0 Å². The van der Waals surface area contributed by atoms with Crippen LogP contribution in [0.3, 0.4) is 0 Å². The van der Waals surface area contributed by atoms with Crippen LogP contribution in [0, 0.1) is 0 Å². The average molecular weight is 1060 g/mol. The van der Waals surface area contributed by atoms with Gasteiger partial charge < -0.3 is 62.1 Å². The fourth-order valence-electron chi connectivity index (χ4n) is 14.4. The molecule has 20 nitrogen and oxygen atoms in total. The van der Waals surface area contributed by atoms with E-state index in [-0.39, 0.29) is 106 Å². The molecule has 20 heteroatoms. The molecule has 6 heterocycles. The summed E-state index contributed by atoms with van der Waals surface area (Å²) in [6.07, 6.45) is 7.43. The van der Waals surface area contributed by atoms with Gasteiger partial charge in [0.1, 0.15) is 0 Å². The Hall–Kier alpha value is -4.40. The summed E-state index contributed by atoms with van der Waals surface area (Å²) in [6, 6.07) is 0.776. The van der Waals surface area contributed by atoms with Crippen molar-refractivity contribution in [3.63, 3.8) is 0 Å². The van der Waals surface area contributed by atoms with Crippen LogP contribution in [-0.2, 0) is 9.59 Å². The number of anilines is 6. The van der Waals surface area contributed by atoms with Crippen LogP contribution in [0.25, 0.3) is 0 Å². The van der Waals surface area contributed by atoms with Gasteiger partial charge in [-0.2, -0.15) is 29.9 Å². The lowest BCUT2D eigenvalue weighted by Crippen LogP contribution is -2.62. The molecule has 8 N–H and O–H groups in total. The number of hydrogen-bond donors (Lipinski definition) is 8. The molecule has 76 heavy (non-hydrogen) atoms. The van der Waals surface area contributed by atoms with E-state index in [1.165, 1.54) is 0 Å². The molecule has 4 aliphatic rings. The molecular formula is C56H104N18O2. The topological polar surface area (TPSA) is 221 Å². The number of carbonyl (C=O) groups is 2. The summed E-state index contributed by atoms with van der Waals surface area (Å²) in [7, 11) is 0.